The zero-order chi connectivity index (χ0) is 18.7. The number of hydrogen-bond acceptors (Lipinski definition) is 4. The third kappa shape index (κ3) is 3.81. The van der Waals surface area contributed by atoms with Gasteiger partial charge in [-0.1, -0.05) is 12.1 Å². The highest BCUT2D eigenvalue weighted by molar-refractivity contribution is 7.89. The zero-order valence-electron chi connectivity index (χ0n) is 15.1. The first-order valence-corrected chi connectivity index (χ1v) is 10.2. The van der Waals surface area contributed by atoms with Gasteiger partial charge in [0.15, 0.2) is 0 Å². The summed E-state index contributed by atoms with van der Waals surface area (Å²) in [5, 5.41) is 7.02. The molecule has 7 nitrogen and oxygen atoms in total. The van der Waals surface area contributed by atoms with Crippen molar-refractivity contribution in [1.82, 2.24) is 19.4 Å². The lowest BCUT2D eigenvalue weighted by Gasteiger charge is -2.16. The molecule has 1 aromatic carbocycles. The average Bonchev–Trinajstić information content (AvgIpc) is 3.31. The quantitative estimate of drug-likeness (QED) is 0.834. The lowest BCUT2D eigenvalue weighted by molar-refractivity contribution is -0.124. The highest BCUT2D eigenvalue weighted by Crippen LogP contribution is 2.21. The fourth-order valence-electron chi connectivity index (χ4n) is 3.09. The molecule has 0 saturated carbocycles. The molecule has 0 unspecified atom stereocenters. The molecule has 26 heavy (non-hydrogen) atoms. The molecule has 0 spiro atoms. The number of carbonyl (C=O) groups is 1. The molecule has 1 aliphatic heterocycles. The molecule has 0 aliphatic carbocycles. The van der Waals surface area contributed by atoms with Crippen molar-refractivity contribution in [2.75, 3.05) is 13.1 Å². The molecule has 0 radical (unpaired) electrons. The van der Waals surface area contributed by atoms with E-state index < -0.39 is 16.1 Å². The maximum atomic E-state index is 12.5. The van der Waals surface area contributed by atoms with Crippen molar-refractivity contribution in [3.05, 3.63) is 47.8 Å². The number of amides is 1. The number of aromatic nitrogens is 2. The van der Waals surface area contributed by atoms with Gasteiger partial charge < -0.3 is 5.32 Å². The third-order valence-electron chi connectivity index (χ3n) is 4.71. The lowest BCUT2D eigenvalue weighted by Crippen LogP contribution is -2.31. The van der Waals surface area contributed by atoms with E-state index in [2.05, 4.69) is 10.4 Å². The fourth-order valence-corrected chi connectivity index (χ4v) is 4.61. The van der Waals surface area contributed by atoms with Crippen molar-refractivity contribution < 1.29 is 13.2 Å². The number of rotatable bonds is 6. The summed E-state index contributed by atoms with van der Waals surface area (Å²) in [4.78, 5) is 12.6. The monoisotopic (exact) mass is 376 g/mol. The van der Waals surface area contributed by atoms with Gasteiger partial charge in [-0.05, 0) is 50.5 Å². The van der Waals surface area contributed by atoms with Gasteiger partial charge in [0.2, 0.25) is 15.9 Å². The molecule has 1 fully saturated rings. The van der Waals surface area contributed by atoms with Gasteiger partial charge in [0.05, 0.1) is 4.90 Å². The fraction of sp³-hybridized carbons (Fsp3) is 0.444. The van der Waals surface area contributed by atoms with Crippen LogP contribution in [0.4, 0.5) is 0 Å². The number of sulfonamides is 1. The van der Waals surface area contributed by atoms with Gasteiger partial charge in [0.1, 0.15) is 6.04 Å². The molecule has 1 aliphatic rings. The molecule has 140 valence electrons. The van der Waals surface area contributed by atoms with Crippen molar-refractivity contribution in [2.24, 2.45) is 0 Å². The van der Waals surface area contributed by atoms with E-state index in [1.54, 1.807) is 42.1 Å². The van der Waals surface area contributed by atoms with E-state index in [0.717, 1.165) is 24.1 Å². The summed E-state index contributed by atoms with van der Waals surface area (Å²) in [6, 6.07) is 8.15. The van der Waals surface area contributed by atoms with Gasteiger partial charge in [-0.25, -0.2) is 8.42 Å². The van der Waals surface area contributed by atoms with Gasteiger partial charge in [-0.3, -0.25) is 9.48 Å². The highest BCUT2D eigenvalue weighted by Gasteiger charge is 2.26. The predicted molar refractivity (Wildman–Crippen MR) is 98.0 cm³/mol. The normalized spacial score (nSPS) is 16.5. The van der Waals surface area contributed by atoms with Crippen LogP contribution in [0.25, 0.3) is 0 Å². The van der Waals surface area contributed by atoms with Gasteiger partial charge in [-0.2, -0.15) is 9.40 Å². The van der Waals surface area contributed by atoms with Crippen LogP contribution in [-0.4, -0.2) is 41.5 Å². The molecule has 8 heteroatoms. The molecule has 1 aromatic heterocycles. The van der Waals surface area contributed by atoms with E-state index in [-0.39, 0.29) is 5.91 Å². The summed E-state index contributed by atoms with van der Waals surface area (Å²) in [7, 11) is -3.40. The minimum Gasteiger partial charge on any atom is -0.350 e. The number of carbonyl (C=O) groups excluding carboxylic acids is 1. The van der Waals surface area contributed by atoms with Crippen LogP contribution in [0.3, 0.4) is 0 Å². The smallest absolute Gasteiger partial charge is 0.244 e. The largest absolute Gasteiger partial charge is 0.350 e. The van der Waals surface area contributed by atoms with Gasteiger partial charge >= 0.3 is 0 Å². The standard InChI is InChI=1S/C18H24N4O3S/c1-14-9-10-20-22(14)15(2)18(23)19-13-16-5-7-17(8-6-16)26(24,25)21-11-3-4-12-21/h5-10,15H,3-4,11-13H2,1-2H3,(H,19,23)/t15-/m1/s1. The Morgan fingerprint density at radius 1 is 1.19 bits per heavy atom. The second-order valence-corrected chi connectivity index (χ2v) is 8.50. The van der Waals surface area contributed by atoms with E-state index in [1.165, 1.54) is 4.31 Å². The van der Waals surface area contributed by atoms with Crippen molar-refractivity contribution in [3.63, 3.8) is 0 Å². The maximum Gasteiger partial charge on any atom is 0.244 e. The number of aryl methyl sites for hydroxylation is 1. The summed E-state index contributed by atoms with van der Waals surface area (Å²) in [6.07, 6.45) is 3.49. The molecule has 0 bridgehead atoms. The second-order valence-electron chi connectivity index (χ2n) is 6.57. The number of hydrogen-bond donors (Lipinski definition) is 1. The van der Waals surface area contributed by atoms with Crippen LogP contribution >= 0.6 is 0 Å². The van der Waals surface area contributed by atoms with Gasteiger partial charge in [0.25, 0.3) is 0 Å². The lowest BCUT2D eigenvalue weighted by atomic mass is 10.2. The summed E-state index contributed by atoms with van der Waals surface area (Å²) < 4.78 is 28.2. The molecule has 3 rings (SSSR count). The van der Waals surface area contributed by atoms with E-state index in [4.69, 9.17) is 0 Å². The minimum absolute atomic E-state index is 0.134. The number of nitrogens with zero attached hydrogens (tertiary/aromatic N) is 3. The molecule has 1 amide bonds. The van der Waals surface area contributed by atoms with E-state index in [1.807, 2.05) is 13.0 Å². The predicted octanol–water partition coefficient (Wildman–Crippen LogP) is 1.85. The maximum absolute atomic E-state index is 12.5. The van der Waals surface area contributed by atoms with Gasteiger partial charge in [0, 0.05) is 31.5 Å². The number of nitrogens with one attached hydrogen (secondary N) is 1. The molecule has 1 saturated heterocycles. The summed E-state index contributed by atoms with van der Waals surface area (Å²) >= 11 is 0. The van der Waals surface area contributed by atoms with E-state index in [9.17, 15) is 13.2 Å². The van der Waals surface area contributed by atoms with E-state index >= 15 is 0 Å². The van der Waals surface area contributed by atoms with Crippen LogP contribution in [0.5, 0.6) is 0 Å². The van der Waals surface area contributed by atoms with Crippen molar-refractivity contribution in [2.45, 2.75) is 44.2 Å². The number of benzene rings is 1. The average molecular weight is 376 g/mol. The summed E-state index contributed by atoms with van der Waals surface area (Å²) in [5.74, 6) is -0.134. The Bertz CT molecular complexity index is 868. The van der Waals surface area contributed by atoms with Crippen molar-refractivity contribution in [1.29, 1.82) is 0 Å². The summed E-state index contributed by atoms with van der Waals surface area (Å²) in [5.41, 5.74) is 1.77. The molecular weight excluding hydrogens is 352 g/mol. The topological polar surface area (TPSA) is 84.3 Å². The molecule has 2 heterocycles. The first kappa shape index (κ1) is 18.6. The molecule has 2 aromatic rings. The molecule has 1 atom stereocenters. The van der Waals surface area contributed by atoms with Crippen LogP contribution in [0.2, 0.25) is 0 Å². The Hall–Kier alpha value is -2.19. The van der Waals surface area contributed by atoms with E-state index in [0.29, 0.717) is 24.5 Å². The minimum atomic E-state index is -3.40. The third-order valence-corrected chi connectivity index (χ3v) is 6.62. The Labute approximate surface area is 154 Å². The van der Waals surface area contributed by atoms with Crippen LogP contribution in [-0.2, 0) is 21.4 Å². The van der Waals surface area contributed by atoms with Crippen molar-refractivity contribution >= 4 is 15.9 Å². The Morgan fingerprint density at radius 3 is 2.42 bits per heavy atom. The van der Waals surface area contributed by atoms with Crippen LogP contribution in [0.1, 0.15) is 37.1 Å². The molecule has 1 N–H and O–H groups in total. The Balaban J connectivity index is 1.61. The SMILES string of the molecule is Cc1ccnn1[C@H](C)C(=O)NCc1ccc(S(=O)(=O)N2CCCC2)cc1. The molecular formula is C18H24N4O3S. The summed E-state index contributed by atoms with van der Waals surface area (Å²) in [6.45, 7) is 5.21. The van der Waals surface area contributed by atoms with Crippen LogP contribution in [0.15, 0.2) is 41.4 Å². The first-order valence-electron chi connectivity index (χ1n) is 8.76. The van der Waals surface area contributed by atoms with Crippen molar-refractivity contribution in [3.8, 4) is 0 Å². The van der Waals surface area contributed by atoms with Gasteiger partial charge in [-0.15, -0.1) is 0 Å². The Kier molecular flexibility index (Phi) is 5.43. The highest BCUT2D eigenvalue weighted by atomic mass is 32.2. The van der Waals surface area contributed by atoms with Crippen LogP contribution in [0, 0.1) is 6.92 Å². The zero-order valence-corrected chi connectivity index (χ0v) is 15.9. The first-order chi connectivity index (χ1) is 12.4. The Morgan fingerprint density at radius 2 is 1.85 bits per heavy atom. The van der Waals surface area contributed by atoms with Crippen LogP contribution < -0.4 is 5.32 Å². The second kappa shape index (κ2) is 7.59.